The number of nitrogens with one attached hydrogen (secondary N) is 1. The summed E-state index contributed by atoms with van der Waals surface area (Å²) in [4.78, 5) is 18.4. The average molecular weight is 277 g/mol. The van der Waals surface area contributed by atoms with Gasteiger partial charge in [-0.05, 0) is 30.9 Å². The average Bonchev–Trinajstić information content (AvgIpc) is 2.48. The van der Waals surface area contributed by atoms with E-state index in [0.29, 0.717) is 25.1 Å². The second-order valence-corrected chi connectivity index (χ2v) is 5.44. The Morgan fingerprint density at radius 2 is 2.35 bits per heavy atom. The number of carbonyl (C=O) groups is 1. The van der Waals surface area contributed by atoms with E-state index in [4.69, 9.17) is 0 Å². The molecule has 1 aromatic rings. The molecule has 0 aromatic carbocycles. The Bertz CT molecular complexity index is 447. The number of piperidine rings is 1. The number of amides is 1. The number of carbonyl (C=O) groups excluding carboxylic acids is 1. The van der Waals surface area contributed by atoms with Crippen LogP contribution in [0.1, 0.15) is 37.0 Å². The van der Waals surface area contributed by atoms with Gasteiger partial charge in [-0.3, -0.25) is 4.79 Å². The Morgan fingerprint density at radius 1 is 1.55 bits per heavy atom. The van der Waals surface area contributed by atoms with Crippen LogP contribution in [0.4, 0.5) is 5.82 Å². The van der Waals surface area contributed by atoms with Gasteiger partial charge in [0.25, 0.3) is 5.91 Å². The molecule has 0 radical (unpaired) electrons. The summed E-state index contributed by atoms with van der Waals surface area (Å²) in [7, 11) is 0. The molecule has 0 spiro atoms. The van der Waals surface area contributed by atoms with Gasteiger partial charge in [0.1, 0.15) is 5.82 Å². The quantitative estimate of drug-likeness (QED) is 0.880. The van der Waals surface area contributed by atoms with Gasteiger partial charge in [0.15, 0.2) is 0 Å². The molecule has 0 aliphatic carbocycles. The van der Waals surface area contributed by atoms with Crippen molar-refractivity contribution in [2.45, 2.75) is 32.8 Å². The normalized spacial score (nSPS) is 22.6. The molecule has 2 unspecified atom stereocenters. The molecule has 1 fully saturated rings. The van der Waals surface area contributed by atoms with Crippen molar-refractivity contribution in [3.63, 3.8) is 0 Å². The highest BCUT2D eigenvalue weighted by atomic mass is 16.3. The number of hydrogen-bond donors (Lipinski definition) is 2. The van der Waals surface area contributed by atoms with Crippen LogP contribution in [0, 0.1) is 5.92 Å². The van der Waals surface area contributed by atoms with Crippen molar-refractivity contribution in [1.82, 2.24) is 9.88 Å². The zero-order valence-corrected chi connectivity index (χ0v) is 12.2. The number of aromatic nitrogens is 1. The van der Waals surface area contributed by atoms with Crippen LogP contribution in [0.25, 0.3) is 0 Å². The van der Waals surface area contributed by atoms with E-state index in [1.165, 1.54) is 0 Å². The lowest BCUT2D eigenvalue weighted by molar-refractivity contribution is 0.0297. The summed E-state index contributed by atoms with van der Waals surface area (Å²) in [5.41, 5.74) is 0.607. The number of pyridine rings is 1. The number of aliphatic hydroxyl groups is 1. The van der Waals surface area contributed by atoms with Crippen LogP contribution in [-0.4, -0.2) is 46.6 Å². The van der Waals surface area contributed by atoms with E-state index in [9.17, 15) is 9.90 Å². The van der Waals surface area contributed by atoms with E-state index in [2.05, 4.69) is 17.2 Å². The van der Waals surface area contributed by atoms with Crippen LogP contribution in [0.15, 0.2) is 18.3 Å². The summed E-state index contributed by atoms with van der Waals surface area (Å²) in [5.74, 6) is 0.926. The van der Waals surface area contributed by atoms with Gasteiger partial charge < -0.3 is 15.3 Å². The number of hydrogen-bond acceptors (Lipinski definition) is 4. The van der Waals surface area contributed by atoms with Crippen LogP contribution in [0.3, 0.4) is 0 Å². The van der Waals surface area contributed by atoms with E-state index in [-0.39, 0.29) is 17.9 Å². The first-order chi connectivity index (χ1) is 9.61. The zero-order chi connectivity index (χ0) is 14.5. The van der Waals surface area contributed by atoms with Gasteiger partial charge in [-0.25, -0.2) is 4.98 Å². The van der Waals surface area contributed by atoms with Gasteiger partial charge in [0.2, 0.25) is 0 Å². The van der Waals surface area contributed by atoms with Crippen molar-refractivity contribution < 1.29 is 9.90 Å². The molecule has 110 valence electrons. The third kappa shape index (κ3) is 3.48. The van der Waals surface area contributed by atoms with Crippen molar-refractivity contribution >= 4 is 11.7 Å². The lowest BCUT2D eigenvalue weighted by Gasteiger charge is -2.34. The first-order valence-corrected chi connectivity index (χ1v) is 7.29. The van der Waals surface area contributed by atoms with Gasteiger partial charge in [-0.1, -0.05) is 13.8 Å². The Balaban J connectivity index is 1.98. The molecule has 1 aliphatic heterocycles. The molecule has 2 rings (SSSR count). The number of rotatable bonds is 4. The van der Waals surface area contributed by atoms with Gasteiger partial charge >= 0.3 is 0 Å². The van der Waals surface area contributed by atoms with Gasteiger partial charge in [-0.15, -0.1) is 0 Å². The fraction of sp³-hybridized carbons (Fsp3) is 0.600. The molecule has 1 amide bonds. The highest BCUT2D eigenvalue weighted by molar-refractivity contribution is 5.94. The standard InChI is InChI=1S/C15H23N3O2/c1-3-7-16-14-5-4-12(9-17-14)15(20)18-8-6-13(19)11(2)10-18/h4-5,9,11,13,19H,3,6-8,10H2,1-2H3,(H,16,17). The Kier molecular flexibility index (Phi) is 4.95. The van der Waals surface area contributed by atoms with Crippen LogP contribution in [0.2, 0.25) is 0 Å². The predicted octanol–water partition coefficient (Wildman–Crippen LogP) is 1.75. The molecule has 1 aromatic heterocycles. The van der Waals surface area contributed by atoms with Gasteiger partial charge in [0.05, 0.1) is 11.7 Å². The number of anilines is 1. The monoisotopic (exact) mass is 277 g/mol. The summed E-state index contributed by atoms with van der Waals surface area (Å²) in [5, 5.41) is 12.9. The van der Waals surface area contributed by atoms with E-state index in [1.54, 1.807) is 11.1 Å². The molecule has 2 N–H and O–H groups in total. The molecule has 1 saturated heterocycles. The summed E-state index contributed by atoms with van der Waals surface area (Å²) in [6, 6.07) is 3.65. The minimum Gasteiger partial charge on any atom is -0.393 e. The lowest BCUT2D eigenvalue weighted by atomic mass is 9.96. The van der Waals surface area contributed by atoms with Crippen LogP contribution < -0.4 is 5.32 Å². The molecule has 5 nitrogen and oxygen atoms in total. The number of aliphatic hydroxyl groups excluding tert-OH is 1. The SMILES string of the molecule is CCCNc1ccc(C(=O)N2CCC(O)C(C)C2)cn1. The van der Waals surface area contributed by atoms with E-state index >= 15 is 0 Å². The van der Waals surface area contributed by atoms with Crippen LogP contribution >= 0.6 is 0 Å². The molecule has 1 aliphatic rings. The Hall–Kier alpha value is -1.62. The zero-order valence-electron chi connectivity index (χ0n) is 12.2. The predicted molar refractivity (Wildman–Crippen MR) is 78.7 cm³/mol. The van der Waals surface area contributed by atoms with Gasteiger partial charge in [0, 0.05) is 25.8 Å². The topological polar surface area (TPSA) is 65.5 Å². The molecule has 5 heteroatoms. The van der Waals surface area contributed by atoms with Crippen molar-refractivity contribution in [3.8, 4) is 0 Å². The number of nitrogens with zero attached hydrogens (tertiary/aromatic N) is 2. The second kappa shape index (κ2) is 6.70. The Morgan fingerprint density at radius 3 is 2.95 bits per heavy atom. The maximum atomic E-state index is 12.4. The van der Waals surface area contributed by atoms with Gasteiger partial charge in [-0.2, -0.15) is 0 Å². The van der Waals surface area contributed by atoms with Crippen LogP contribution in [0.5, 0.6) is 0 Å². The molecule has 0 bridgehead atoms. The highest BCUT2D eigenvalue weighted by Gasteiger charge is 2.27. The smallest absolute Gasteiger partial charge is 0.255 e. The fourth-order valence-electron chi connectivity index (χ4n) is 2.38. The number of likely N-dealkylation sites (tertiary alicyclic amines) is 1. The van der Waals surface area contributed by atoms with Crippen LogP contribution in [-0.2, 0) is 0 Å². The third-order valence-corrected chi connectivity index (χ3v) is 3.71. The molecule has 20 heavy (non-hydrogen) atoms. The lowest BCUT2D eigenvalue weighted by Crippen LogP contribution is -2.44. The molecular formula is C15H23N3O2. The second-order valence-electron chi connectivity index (χ2n) is 5.44. The maximum absolute atomic E-state index is 12.4. The maximum Gasteiger partial charge on any atom is 0.255 e. The van der Waals surface area contributed by atoms with Crippen molar-refractivity contribution in [1.29, 1.82) is 0 Å². The Labute approximate surface area is 120 Å². The van der Waals surface area contributed by atoms with E-state index < -0.39 is 0 Å². The minimum atomic E-state index is -0.294. The largest absolute Gasteiger partial charge is 0.393 e. The third-order valence-electron chi connectivity index (χ3n) is 3.71. The summed E-state index contributed by atoms with van der Waals surface area (Å²) >= 11 is 0. The summed E-state index contributed by atoms with van der Waals surface area (Å²) in [6.45, 7) is 6.16. The molecule has 2 heterocycles. The summed E-state index contributed by atoms with van der Waals surface area (Å²) in [6.07, 6.45) is 3.01. The molecular weight excluding hydrogens is 254 g/mol. The van der Waals surface area contributed by atoms with E-state index in [1.807, 2.05) is 19.1 Å². The molecule has 2 atom stereocenters. The van der Waals surface area contributed by atoms with E-state index in [0.717, 1.165) is 18.8 Å². The minimum absolute atomic E-state index is 0.00158. The first-order valence-electron chi connectivity index (χ1n) is 7.29. The van der Waals surface area contributed by atoms with Crippen molar-refractivity contribution in [2.24, 2.45) is 5.92 Å². The molecule has 0 saturated carbocycles. The first kappa shape index (κ1) is 14.8. The van der Waals surface area contributed by atoms with Crippen molar-refractivity contribution in [3.05, 3.63) is 23.9 Å². The van der Waals surface area contributed by atoms with Crippen molar-refractivity contribution in [2.75, 3.05) is 25.0 Å². The fourth-order valence-corrected chi connectivity index (χ4v) is 2.38. The highest BCUT2D eigenvalue weighted by Crippen LogP contribution is 2.18. The summed E-state index contributed by atoms with van der Waals surface area (Å²) < 4.78 is 0.